The molecule has 0 spiro atoms. The fraction of sp³-hybridized carbons (Fsp3) is 0.857. The Balaban J connectivity index is 1.56. The zero-order valence-corrected chi connectivity index (χ0v) is 11.4. The largest absolute Gasteiger partial charge is 0.425 e. The van der Waals surface area contributed by atoms with Crippen molar-refractivity contribution in [2.75, 3.05) is 6.54 Å². The Morgan fingerprint density at radius 3 is 2.83 bits per heavy atom. The van der Waals surface area contributed by atoms with Gasteiger partial charge in [0.15, 0.2) is 0 Å². The van der Waals surface area contributed by atoms with Crippen LogP contribution in [0.15, 0.2) is 4.42 Å². The number of nitrogens with one attached hydrogen (secondary N) is 1. The molecule has 100 valence electrons. The average Bonchev–Trinajstić information content (AvgIpc) is 3.03. The Labute approximate surface area is 109 Å². The lowest BCUT2D eigenvalue weighted by molar-refractivity contribution is 0.334. The number of hydrogen-bond acceptors (Lipinski definition) is 4. The van der Waals surface area contributed by atoms with Crippen LogP contribution in [0.2, 0.25) is 0 Å². The van der Waals surface area contributed by atoms with Crippen molar-refractivity contribution in [3.63, 3.8) is 0 Å². The maximum atomic E-state index is 5.84. The van der Waals surface area contributed by atoms with E-state index in [1.54, 1.807) is 0 Å². The molecule has 2 aliphatic carbocycles. The highest BCUT2D eigenvalue weighted by Gasteiger charge is 2.42. The average molecular weight is 249 g/mol. The molecule has 1 N–H and O–H groups in total. The molecule has 0 saturated heterocycles. The van der Waals surface area contributed by atoms with E-state index in [2.05, 4.69) is 29.4 Å². The molecule has 2 bridgehead atoms. The lowest BCUT2D eigenvalue weighted by Gasteiger charge is -2.17. The van der Waals surface area contributed by atoms with E-state index in [1.807, 2.05) is 0 Å². The number of rotatable bonds is 5. The van der Waals surface area contributed by atoms with E-state index in [4.69, 9.17) is 4.42 Å². The summed E-state index contributed by atoms with van der Waals surface area (Å²) in [5.74, 6) is 4.00. The summed E-state index contributed by atoms with van der Waals surface area (Å²) in [6.07, 6.45) is 6.28. The summed E-state index contributed by atoms with van der Waals surface area (Å²) in [7, 11) is 0. The van der Waals surface area contributed by atoms with Gasteiger partial charge < -0.3 is 9.73 Å². The molecule has 3 atom stereocenters. The van der Waals surface area contributed by atoms with Crippen LogP contribution in [0.4, 0.5) is 0 Å². The first-order valence-corrected chi connectivity index (χ1v) is 7.28. The fourth-order valence-corrected chi connectivity index (χ4v) is 3.53. The second-order valence-corrected chi connectivity index (χ2v) is 6.17. The minimum atomic E-state index is 0.512. The Morgan fingerprint density at radius 2 is 2.17 bits per heavy atom. The van der Waals surface area contributed by atoms with E-state index >= 15 is 0 Å². The van der Waals surface area contributed by atoms with E-state index in [1.165, 1.54) is 25.7 Å². The van der Waals surface area contributed by atoms with Crippen LogP contribution in [0.1, 0.15) is 57.2 Å². The van der Waals surface area contributed by atoms with Crippen molar-refractivity contribution >= 4 is 0 Å². The van der Waals surface area contributed by atoms with Crippen molar-refractivity contribution in [1.29, 1.82) is 0 Å². The van der Waals surface area contributed by atoms with E-state index in [-0.39, 0.29) is 0 Å². The van der Waals surface area contributed by atoms with Gasteiger partial charge >= 0.3 is 0 Å². The number of nitrogens with zero attached hydrogens (tertiary/aromatic N) is 2. The van der Waals surface area contributed by atoms with Gasteiger partial charge in [0.05, 0.1) is 0 Å². The highest BCUT2D eigenvalue weighted by Crippen LogP contribution is 2.52. The first-order valence-electron chi connectivity index (χ1n) is 7.28. The number of hydrogen-bond donors (Lipinski definition) is 1. The topological polar surface area (TPSA) is 51.0 Å². The first-order chi connectivity index (χ1) is 8.72. The van der Waals surface area contributed by atoms with Gasteiger partial charge in [0.1, 0.15) is 0 Å². The smallest absolute Gasteiger partial charge is 0.219 e. The molecule has 0 aromatic carbocycles. The summed E-state index contributed by atoms with van der Waals surface area (Å²) < 4.78 is 5.84. The molecular weight excluding hydrogens is 226 g/mol. The van der Waals surface area contributed by atoms with Crippen LogP contribution in [0.5, 0.6) is 0 Å². The lowest BCUT2D eigenvalue weighted by atomic mass is 9.89. The van der Waals surface area contributed by atoms with Gasteiger partial charge in [-0.3, -0.25) is 0 Å². The van der Waals surface area contributed by atoms with Gasteiger partial charge in [-0.05, 0) is 31.1 Å². The van der Waals surface area contributed by atoms with E-state index in [9.17, 15) is 0 Å². The van der Waals surface area contributed by atoms with Gasteiger partial charge in [-0.25, -0.2) is 0 Å². The predicted molar refractivity (Wildman–Crippen MR) is 69.3 cm³/mol. The summed E-state index contributed by atoms with van der Waals surface area (Å²) in [6.45, 7) is 5.21. The quantitative estimate of drug-likeness (QED) is 0.871. The number of aromatic nitrogens is 2. The summed E-state index contributed by atoms with van der Waals surface area (Å²) in [5, 5.41) is 11.8. The molecule has 2 aliphatic rings. The van der Waals surface area contributed by atoms with Crippen molar-refractivity contribution in [2.24, 2.45) is 11.8 Å². The Morgan fingerprint density at radius 1 is 1.28 bits per heavy atom. The van der Waals surface area contributed by atoms with Crippen LogP contribution >= 0.6 is 0 Å². The summed E-state index contributed by atoms with van der Waals surface area (Å²) in [5.41, 5.74) is 0. The molecule has 1 aromatic heterocycles. The Hall–Kier alpha value is -0.900. The van der Waals surface area contributed by atoms with Gasteiger partial charge in [0, 0.05) is 24.9 Å². The van der Waals surface area contributed by atoms with E-state index in [0.717, 1.165) is 36.6 Å². The molecule has 0 aliphatic heterocycles. The van der Waals surface area contributed by atoms with Crippen molar-refractivity contribution in [3.05, 3.63) is 11.8 Å². The van der Waals surface area contributed by atoms with Gasteiger partial charge in [-0.1, -0.05) is 20.3 Å². The van der Waals surface area contributed by atoms with Crippen molar-refractivity contribution in [2.45, 2.75) is 57.9 Å². The maximum absolute atomic E-state index is 5.84. The standard InChI is InChI=1S/C14H23N3O/c1-9(2)15-6-5-13-16-17-14(18-13)12-8-10-3-4-11(12)7-10/h9-12,15H,3-8H2,1-2H3. The van der Waals surface area contributed by atoms with Crippen LogP contribution in [0, 0.1) is 11.8 Å². The third-order valence-corrected chi connectivity index (χ3v) is 4.43. The highest BCUT2D eigenvalue weighted by atomic mass is 16.4. The minimum Gasteiger partial charge on any atom is -0.425 e. The van der Waals surface area contributed by atoms with Gasteiger partial charge in [-0.2, -0.15) is 0 Å². The fourth-order valence-electron chi connectivity index (χ4n) is 3.53. The zero-order valence-electron chi connectivity index (χ0n) is 11.4. The monoisotopic (exact) mass is 249 g/mol. The molecule has 4 nitrogen and oxygen atoms in total. The maximum Gasteiger partial charge on any atom is 0.219 e. The van der Waals surface area contributed by atoms with Crippen LogP contribution in [-0.2, 0) is 6.42 Å². The lowest BCUT2D eigenvalue weighted by Crippen LogP contribution is -2.25. The third-order valence-electron chi connectivity index (χ3n) is 4.43. The molecule has 18 heavy (non-hydrogen) atoms. The molecule has 3 rings (SSSR count). The molecule has 1 aromatic rings. The molecule has 2 fully saturated rings. The Bertz CT molecular complexity index is 401. The second kappa shape index (κ2) is 5.00. The normalized spacial score (nSPS) is 30.5. The summed E-state index contributed by atoms with van der Waals surface area (Å²) in [6, 6.07) is 0.512. The SMILES string of the molecule is CC(C)NCCc1nnc(C2CC3CCC2C3)o1. The van der Waals surface area contributed by atoms with Crippen LogP contribution < -0.4 is 5.32 Å². The first kappa shape index (κ1) is 12.2. The molecule has 4 heteroatoms. The van der Waals surface area contributed by atoms with Crippen molar-refractivity contribution in [1.82, 2.24) is 15.5 Å². The molecule has 3 unspecified atom stereocenters. The minimum absolute atomic E-state index is 0.512. The van der Waals surface area contributed by atoms with Crippen LogP contribution in [0.3, 0.4) is 0 Å². The summed E-state index contributed by atoms with van der Waals surface area (Å²) >= 11 is 0. The molecule has 0 amide bonds. The van der Waals surface area contributed by atoms with Crippen LogP contribution in [0.25, 0.3) is 0 Å². The molecule has 2 saturated carbocycles. The van der Waals surface area contributed by atoms with Crippen LogP contribution in [-0.4, -0.2) is 22.8 Å². The summed E-state index contributed by atoms with van der Waals surface area (Å²) in [4.78, 5) is 0. The van der Waals surface area contributed by atoms with Gasteiger partial charge in [-0.15, -0.1) is 10.2 Å². The molecule has 1 heterocycles. The molecule has 0 radical (unpaired) electrons. The zero-order chi connectivity index (χ0) is 12.5. The highest BCUT2D eigenvalue weighted by molar-refractivity contribution is 5.04. The van der Waals surface area contributed by atoms with Gasteiger partial charge in [0.2, 0.25) is 11.8 Å². The predicted octanol–water partition coefficient (Wildman–Crippen LogP) is 2.51. The second-order valence-electron chi connectivity index (χ2n) is 6.17. The number of fused-ring (bicyclic) bond motifs is 2. The van der Waals surface area contributed by atoms with E-state index in [0.29, 0.717) is 12.0 Å². The van der Waals surface area contributed by atoms with Crippen molar-refractivity contribution < 1.29 is 4.42 Å². The molecular formula is C14H23N3O. The van der Waals surface area contributed by atoms with Gasteiger partial charge in [0.25, 0.3) is 0 Å². The Kier molecular flexibility index (Phi) is 3.37. The van der Waals surface area contributed by atoms with Crippen molar-refractivity contribution in [3.8, 4) is 0 Å². The van der Waals surface area contributed by atoms with E-state index < -0.39 is 0 Å². The third kappa shape index (κ3) is 2.44.